The Hall–Kier alpha value is -2.94. The molecule has 0 spiro atoms. The number of carbonyl (C=O) groups is 1. The number of benzene rings is 2. The molecule has 9 heteroatoms. The van der Waals surface area contributed by atoms with Crippen LogP contribution in [0.1, 0.15) is 11.1 Å². The number of aliphatic hydroxyl groups is 1. The van der Waals surface area contributed by atoms with Gasteiger partial charge in [0.15, 0.2) is 0 Å². The third-order valence-electron chi connectivity index (χ3n) is 3.71. The van der Waals surface area contributed by atoms with E-state index in [-0.39, 0.29) is 18.9 Å². The van der Waals surface area contributed by atoms with Crippen LogP contribution in [0.5, 0.6) is 11.5 Å². The number of hydrogen-bond acceptors (Lipinski definition) is 4. The molecular formula is C19H21F3N2O4. The van der Waals surface area contributed by atoms with E-state index in [2.05, 4.69) is 10.6 Å². The summed E-state index contributed by atoms with van der Waals surface area (Å²) in [5.74, 6) is 0.456. The van der Waals surface area contributed by atoms with Crippen LogP contribution in [0.4, 0.5) is 23.7 Å². The molecule has 152 valence electrons. The largest absolute Gasteiger partial charge is 0.495 e. The predicted molar refractivity (Wildman–Crippen MR) is 97.7 cm³/mol. The molecular weight excluding hydrogens is 377 g/mol. The van der Waals surface area contributed by atoms with Crippen molar-refractivity contribution in [2.45, 2.75) is 19.2 Å². The van der Waals surface area contributed by atoms with E-state index in [0.717, 1.165) is 17.7 Å². The molecule has 2 rings (SSSR count). The lowest BCUT2D eigenvalue weighted by atomic mass is 10.2. The Kier molecular flexibility index (Phi) is 7.11. The Balaban J connectivity index is 1.82. The first kappa shape index (κ1) is 21.4. The first-order valence-corrected chi connectivity index (χ1v) is 8.36. The van der Waals surface area contributed by atoms with Crippen LogP contribution in [0, 0.1) is 6.92 Å². The lowest BCUT2D eigenvalue weighted by Crippen LogP contribution is -2.37. The van der Waals surface area contributed by atoms with Gasteiger partial charge in [-0.2, -0.15) is 13.2 Å². The molecule has 2 aromatic carbocycles. The number of aryl methyl sites for hydroxylation is 1. The summed E-state index contributed by atoms with van der Waals surface area (Å²) in [5.41, 5.74) is 0.546. The number of anilines is 1. The van der Waals surface area contributed by atoms with Gasteiger partial charge in [-0.1, -0.05) is 12.1 Å². The van der Waals surface area contributed by atoms with Gasteiger partial charge in [-0.15, -0.1) is 0 Å². The molecule has 0 aromatic heterocycles. The Morgan fingerprint density at radius 1 is 1.21 bits per heavy atom. The van der Waals surface area contributed by atoms with Crippen LogP contribution in [0.3, 0.4) is 0 Å². The van der Waals surface area contributed by atoms with Crippen LogP contribution in [-0.2, 0) is 6.18 Å². The van der Waals surface area contributed by atoms with Crippen LogP contribution in [0.2, 0.25) is 0 Å². The van der Waals surface area contributed by atoms with Crippen molar-refractivity contribution in [3.63, 3.8) is 0 Å². The number of carbonyl (C=O) groups excluding carboxylic acids is 1. The van der Waals surface area contributed by atoms with Crippen molar-refractivity contribution in [3.8, 4) is 11.5 Å². The molecule has 0 radical (unpaired) electrons. The van der Waals surface area contributed by atoms with Crippen LogP contribution in [0.25, 0.3) is 0 Å². The molecule has 0 bridgehead atoms. The average molecular weight is 398 g/mol. The SMILES string of the molecule is COc1ccc(C)cc1NC(=O)NC[C@@H](O)COc1cccc(C(F)(F)F)c1. The van der Waals surface area contributed by atoms with Crippen molar-refractivity contribution in [1.82, 2.24) is 5.32 Å². The van der Waals surface area contributed by atoms with Gasteiger partial charge in [-0.05, 0) is 42.8 Å². The fourth-order valence-electron chi connectivity index (χ4n) is 2.31. The van der Waals surface area contributed by atoms with E-state index in [9.17, 15) is 23.1 Å². The summed E-state index contributed by atoms with van der Waals surface area (Å²) in [5, 5.41) is 14.9. The molecule has 0 saturated carbocycles. The maximum absolute atomic E-state index is 12.7. The molecule has 0 aliphatic heterocycles. The fraction of sp³-hybridized carbons (Fsp3) is 0.316. The zero-order chi connectivity index (χ0) is 20.7. The number of aliphatic hydroxyl groups excluding tert-OH is 1. The highest BCUT2D eigenvalue weighted by molar-refractivity contribution is 5.91. The number of halogens is 3. The summed E-state index contributed by atoms with van der Waals surface area (Å²) in [7, 11) is 1.47. The van der Waals surface area contributed by atoms with E-state index in [1.165, 1.54) is 19.2 Å². The lowest BCUT2D eigenvalue weighted by molar-refractivity contribution is -0.137. The number of urea groups is 1. The van der Waals surface area contributed by atoms with Crippen molar-refractivity contribution in [3.05, 3.63) is 53.6 Å². The molecule has 0 fully saturated rings. The first-order chi connectivity index (χ1) is 13.2. The van der Waals surface area contributed by atoms with Gasteiger partial charge in [-0.3, -0.25) is 0 Å². The second kappa shape index (κ2) is 9.32. The molecule has 1 atom stereocenters. The number of ether oxygens (including phenoxy) is 2. The lowest BCUT2D eigenvalue weighted by Gasteiger charge is -2.15. The highest BCUT2D eigenvalue weighted by atomic mass is 19.4. The topological polar surface area (TPSA) is 79.8 Å². The van der Waals surface area contributed by atoms with Crippen molar-refractivity contribution in [2.75, 3.05) is 25.6 Å². The number of amides is 2. The molecule has 0 aliphatic carbocycles. The molecule has 3 N–H and O–H groups in total. The van der Waals surface area contributed by atoms with Gasteiger partial charge < -0.3 is 25.2 Å². The normalized spacial score (nSPS) is 12.2. The summed E-state index contributed by atoms with van der Waals surface area (Å²) in [6.07, 6.45) is -5.59. The summed E-state index contributed by atoms with van der Waals surface area (Å²) in [4.78, 5) is 12.0. The van der Waals surface area contributed by atoms with E-state index in [1.54, 1.807) is 12.1 Å². The van der Waals surface area contributed by atoms with E-state index < -0.39 is 23.9 Å². The van der Waals surface area contributed by atoms with Crippen molar-refractivity contribution in [1.29, 1.82) is 0 Å². The Morgan fingerprint density at radius 2 is 1.96 bits per heavy atom. The molecule has 28 heavy (non-hydrogen) atoms. The fourth-order valence-corrected chi connectivity index (χ4v) is 2.31. The van der Waals surface area contributed by atoms with Crippen molar-refractivity contribution < 1.29 is 32.5 Å². The van der Waals surface area contributed by atoms with Gasteiger partial charge in [0.25, 0.3) is 0 Å². The number of alkyl halides is 3. The first-order valence-electron chi connectivity index (χ1n) is 8.36. The van der Waals surface area contributed by atoms with E-state index in [1.807, 2.05) is 13.0 Å². The van der Waals surface area contributed by atoms with Gasteiger partial charge in [-0.25, -0.2) is 4.79 Å². The summed E-state index contributed by atoms with van der Waals surface area (Å²) < 4.78 is 48.3. The second-order valence-electron chi connectivity index (χ2n) is 6.03. The molecule has 2 aromatic rings. The maximum atomic E-state index is 12.7. The van der Waals surface area contributed by atoms with E-state index in [0.29, 0.717) is 11.4 Å². The molecule has 0 heterocycles. The number of rotatable bonds is 7. The van der Waals surface area contributed by atoms with Crippen LogP contribution < -0.4 is 20.1 Å². The minimum Gasteiger partial charge on any atom is -0.495 e. The summed E-state index contributed by atoms with van der Waals surface area (Å²) in [6.45, 7) is 1.42. The zero-order valence-corrected chi connectivity index (χ0v) is 15.3. The Labute approximate surface area is 160 Å². The van der Waals surface area contributed by atoms with Crippen molar-refractivity contribution >= 4 is 11.7 Å². The highest BCUT2D eigenvalue weighted by Gasteiger charge is 2.30. The Bertz CT molecular complexity index is 812. The summed E-state index contributed by atoms with van der Waals surface area (Å²) >= 11 is 0. The average Bonchev–Trinajstić information content (AvgIpc) is 2.64. The van der Waals surface area contributed by atoms with Crippen LogP contribution >= 0.6 is 0 Å². The quantitative estimate of drug-likeness (QED) is 0.666. The van der Waals surface area contributed by atoms with Gasteiger partial charge in [0.05, 0.1) is 18.4 Å². The maximum Gasteiger partial charge on any atom is 0.416 e. The third kappa shape index (κ3) is 6.34. The van der Waals surface area contributed by atoms with Gasteiger partial charge >= 0.3 is 12.2 Å². The molecule has 0 saturated heterocycles. The Morgan fingerprint density at radius 3 is 2.64 bits per heavy atom. The van der Waals surface area contributed by atoms with Crippen molar-refractivity contribution in [2.24, 2.45) is 0 Å². The molecule has 0 aliphatic rings. The summed E-state index contributed by atoms with van der Waals surface area (Å²) in [6, 6.07) is 9.04. The van der Waals surface area contributed by atoms with Crippen LogP contribution in [0.15, 0.2) is 42.5 Å². The second-order valence-corrected chi connectivity index (χ2v) is 6.03. The number of hydrogen-bond donors (Lipinski definition) is 3. The van der Waals surface area contributed by atoms with Gasteiger partial charge in [0.2, 0.25) is 0 Å². The number of nitrogens with one attached hydrogen (secondary N) is 2. The molecule has 0 unspecified atom stereocenters. The van der Waals surface area contributed by atoms with E-state index >= 15 is 0 Å². The minimum atomic E-state index is -4.48. The minimum absolute atomic E-state index is 0.0252. The standard InChI is InChI=1S/C19H21F3N2O4/c1-12-6-7-17(27-2)16(8-12)24-18(26)23-10-14(25)11-28-15-5-3-4-13(9-15)19(20,21)22/h3-9,14,25H,10-11H2,1-2H3,(H2,23,24,26)/t14-/m1/s1. The smallest absolute Gasteiger partial charge is 0.416 e. The molecule has 6 nitrogen and oxygen atoms in total. The molecule has 2 amide bonds. The van der Waals surface area contributed by atoms with Crippen LogP contribution in [-0.4, -0.2) is 37.5 Å². The van der Waals surface area contributed by atoms with Gasteiger partial charge in [0.1, 0.15) is 24.2 Å². The monoisotopic (exact) mass is 398 g/mol. The third-order valence-corrected chi connectivity index (χ3v) is 3.71. The highest BCUT2D eigenvalue weighted by Crippen LogP contribution is 2.31. The number of methoxy groups -OCH3 is 1. The van der Waals surface area contributed by atoms with Gasteiger partial charge in [0, 0.05) is 6.54 Å². The van der Waals surface area contributed by atoms with E-state index in [4.69, 9.17) is 9.47 Å². The predicted octanol–water partition coefficient (Wildman–Crippen LogP) is 3.58. The zero-order valence-electron chi connectivity index (χ0n) is 15.3.